The van der Waals surface area contributed by atoms with Crippen LogP contribution >= 0.6 is 0 Å². The number of nitrogens with zero attached hydrogens (tertiary/aromatic N) is 1. The van der Waals surface area contributed by atoms with Crippen LogP contribution in [0.2, 0.25) is 16.6 Å². The molecule has 0 aliphatic heterocycles. The fraction of sp³-hybridized carbons (Fsp3) is 0.516. The maximum Gasteiger partial charge on any atom is 0.220 e. The van der Waals surface area contributed by atoms with Crippen LogP contribution in [-0.4, -0.2) is 8.07 Å². The fourth-order valence-electron chi connectivity index (χ4n) is 6.42. The Labute approximate surface area is 203 Å². The molecule has 2 heteroatoms. The summed E-state index contributed by atoms with van der Waals surface area (Å²) in [5.74, 6) is 0.738. The zero-order valence-electron chi connectivity index (χ0n) is 22.5. The summed E-state index contributed by atoms with van der Waals surface area (Å²) >= 11 is 0. The molecule has 1 fully saturated rings. The van der Waals surface area contributed by atoms with Crippen LogP contribution in [0.25, 0.3) is 22.0 Å². The van der Waals surface area contributed by atoms with Crippen LogP contribution in [0.4, 0.5) is 0 Å². The number of aromatic nitrogens is 1. The summed E-state index contributed by atoms with van der Waals surface area (Å²) in [6, 6.07) is 16.9. The second kappa shape index (κ2) is 8.38. The smallest absolute Gasteiger partial charge is 0.200 e. The highest BCUT2D eigenvalue weighted by atomic mass is 28.3. The maximum absolute atomic E-state index is 2.59. The van der Waals surface area contributed by atoms with Crippen LogP contribution in [0.1, 0.15) is 84.3 Å². The van der Waals surface area contributed by atoms with Crippen molar-refractivity contribution in [1.29, 1.82) is 0 Å². The Kier molecular flexibility index (Phi) is 6.14. The first-order valence-electron chi connectivity index (χ1n) is 12.9. The molecule has 0 bridgehead atoms. The third kappa shape index (κ3) is 4.09. The Balaban J connectivity index is 1.91. The first kappa shape index (κ1) is 24.2. The van der Waals surface area contributed by atoms with Crippen molar-refractivity contribution in [3.63, 3.8) is 0 Å². The second-order valence-electron chi connectivity index (χ2n) is 12.8. The van der Waals surface area contributed by atoms with Gasteiger partial charge in [-0.05, 0) is 64.4 Å². The molecule has 0 spiro atoms. The minimum Gasteiger partial charge on any atom is -0.200 e. The van der Waals surface area contributed by atoms with Crippen molar-refractivity contribution in [1.82, 2.24) is 0 Å². The zero-order chi connectivity index (χ0) is 24.2. The quantitative estimate of drug-likeness (QED) is 0.275. The van der Waals surface area contributed by atoms with E-state index in [9.17, 15) is 0 Å². The van der Waals surface area contributed by atoms with E-state index in [2.05, 4.69) is 115 Å². The van der Waals surface area contributed by atoms with Crippen molar-refractivity contribution in [2.45, 2.75) is 96.7 Å². The molecule has 0 atom stereocenters. The average Bonchev–Trinajstić information content (AvgIpc) is 3.27. The molecule has 1 aliphatic rings. The monoisotopic (exact) mass is 458 g/mol. The van der Waals surface area contributed by atoms with Crippen molar-refractivity contribution >= 4 is 24.0 Å². The fourth-order valence-corrected chi connectivity index (χ4v) is 11.3. The van der Waals surface area contributed by atoms with Crippen molar-refractivity contribution < 1.29 is 4.57 Å². The van der Waals surface area contributed by atoms with Gasteiger partial charge in [0.2, 0.25) is 5.69 Å². The Morgan fingerprint density at radius 3 is 2.09 bits per heavy atom. The normalized spacial score (nSPS) is 16.0. The molecule has 0 radical (unpaired) electrons. The van der Waals surface area contributed by atoms with Gasteiger partial charge in [-0.25, -0.2) is 4.57 Å². The van der Waals surface area contributed by atoms with Crippen molar-refractivity contribution in [2.24, 2.45) is 7.05 Å². The van der Waals surface area contributed by atoms with Gasteiger partial charge in [0.25, 0.3) is 0 Å². The summed E-state index contributed by atoms with van der Waals surface area (Å²) in [4.78, 5) is 0. The van der Waals surface area contributed by atoms with Gasteiger partial charge in [0.15, 0.2) is 6.20 Å². The number of fused-ring (bicyclic) bond motifs is 1. The van der Waals surface area contributed by atoms with Gasteiger partial charge in [0, 0.05) is 11.6 Å². The van der Waals surface area contributed by atoms with Gasteiger partial charge in [-0.3, -0.25) is 0 Å². The molecule has 0 saturated heterocycles. The highest BCUT2D eigenvalue weighted by molar-refractivity contribution is 6.95. The van der Waals surface area contributed by atoms with Gasteiger partial charge < -0.3 is 0 Å². The third-order valence-corrected chi connectivity index (χ3v) is 16.5. The first-order chi connectivity index (χ1) is 15.3. The Hall–Kier alpha value is -1.93. The van der Waals surface area contributed by atoms with E-state index in [1.807, 2.05) is 0 Å². The van der Waals surface area contributed by atoms with E-state index < -0.39 is 8.07 Å². The van der Waals surface area contributed by atoms with Crippen LogP contribution in [0.5, 0.6) is 0 Å². The van der Waals surface area contributed by atoms with E-state index in [4.69, 9.17) is 0 Å². The topological polar surface area (TPSA) is 3.88 Å². The summed E-state index contributed by atoms with van der Waals surface area (Å²) in [6.07, 6.45) is 7.70. The van der Waals surface area contributed by atoms with E-state index in [1.165, 1.54) is 58.8 Å². The molecule has 0 amide bonds. The summed E-state index contributed by atoms with van der Waals surface area (Å²) in [5.41, 5.74) is 5.65. The minimum atomic E-state index is -1.80. The molecule has 0 N–H and O–H groups in total. The van der Waals surface area contributed by atoms with Crippen molar-refractivity contribution in [3.8, 4) is 11.3 Å². The highest BCUT2D eigenvalue weighted by Crippen LogP contribution is 2.50. The number of rotatable bonds is 3. The van der Waals surface area contributed by atoms with Crippen LogP contribution in [-0.2, 0) is 7.05 Å². The van der Waals surface area contributed by atoms with Gasteiger partial charge in [0.05, 0.1) is 13.5 Å². The zero-order valence-corrected chi connectivity index (χ0v) is 23.5. The molecule has 33 heavy (non-hydrogen) atoms. The van der Waals surface area contributed by atoms with Crippen molar-refractivity contribution in [3.05, 3.63) is 59.8 Å². The SMILES string of the molecule is Cc1ccc(C2CCCC2)cc1-c1c2ccc([Si](C)(C(C)(C)C)C(C)(C)C)cc2cc[n+]1C. The van der Waals surface area contributed by atoms with Crippen LogP contribution in [0.15, 0.2) is 48.7 Å². The number of hydrogen-bond acceptors (Lipinski definition) is 0. The molecule has 2 aromatic carbocycles. The third-order valence-electron chi connectivity index (χ3n) is 9.06. The number of pyridine rings is 1. The molecule has 176 valence electrons. The molecule has 1 heterocycles. The molecule has 1 nitrogen and oxygen atoms in total. The molecule has 1 aromatic heterocycles. The summed E-state index contributed by atoms with van der Waals surface area (Å²) in [7, 11) is 0.401. The number of benzene rings is 2. The predicted molar refractivity (Wildman–Crippen MR) is 147 cm³/mol. The lowest BCUT2D eigenvalue weighted by molar-refractivity contribution is -0.659. The summed E-state index contributed by atoms with van der Waals surface area (Å²) in [5, 5.41) is 4.89. The van der Waals surface area contributed by atoms with Gasteiger partial charge in [-0.1, -0.05) is 90.4 Å². The van der Waals surface area contributed by atoms with E-state index in [-0.39, 0.29) is 10.1 Å². The second-order valence-corrected chi connectivity index (χ2v) is 18.6. The predicted octanol–water partition coefficient (Wildman–Crippen LogP) is 8.18. The largest absolute Gasteiger partial charge is 0.220 e. The lowest BCUT2D eigenvalue weighted by Crippen LogP contribution is -2.58. The molecule has 1 aliphatic carbocycles. The Morgan fingerprint density at radius 1 is 0.848 bits per heavy atom. The van der Waals surface area contributed by atoms with E-state index >= 15 is 0 Å². The van der Waals surface area contributed by atoms with Gasteiger partial charge in [-0.2, -0.15) is 0 Å². The number of aryl methyl sites for hydroxylation is 2. The van der Waals surface area contributed by atoms with Crippen LogP contribution < -0.4 is 9.75 Å². The van der Waals surface area contributed by atoms with Crippen LogP contribution in [0, 0.1) is 6.92 Å². The minimum absolute atomic E-state index is 0.285. The summed E-state index contributed by atoms with van der Waals surface area (Å²) in [6.45, 7) is 19.5. The van der Waals surface area contributed by atoms with Crippen LogP contribution in [0.3, 0.4) is 0 Å². The molecular weight excluding hydrogens is 414 g/mol. The average molecular weight is 459 g/mol. The standard InChI is InChI=1S/C31H44NSi/c1-22-14-15-24(23-12-10-11-13-23)21-28(22)29-27-17-16-26(20-25(27)18-19-32(29)8)33(9,30(2,3)4)31(5,6)7/h14-21,23H,10-13H2,1-9H3/q+1. The van der Waals surface area contributed by atoms with Gasteiger partial charge in [0.1, 0.15) is 7.05 Å². The van der Waals surface area contributed by atoms with E-state index in [0.29, 0.717) is 0 Å². The van der Waals surface area contributed by atoms with Crippen molar-refractivity contribution in [2.75, 3.05) is 0 Å². The molecule has 3 aromatic rings. The lowest BCUT2D eigenvalue weighted by atomic mass is 9.91. The number of hydrogen-bond donors (Lipinski definition) is 0. The molecule has 4 rings (SSSR count). The Morgan fingerprint density at radius 2 is 1.48 bits per heavy atom. The summed E-state index contributed by atoms with van der Waals surface area (Å²) < 4.78 is 2.33. The maximum atomic E-state index is 2.59. The van der Waals surface area contributed by atoms with E-state index in [1.54, 1.807) is 5.19 Å². The van der Waals surface area contributed by atoms with Gasteiger partial charge in [-0.15, -0.1) is 0 Å². The highest BCUT2D eigenvalue weighted by Gasteiger charge is 2.50. The Bertz CT molecular complexity index is 1160. The van der Waals surface area contributed by atoms with E-state index in [0.717, 1.165) is 5.92 Å². The molecular formula is C31H44NSi+. The molecule has 1 saturated carbocycles. The first-order valence-corrected chi connectivity index (χ1v) is 15.4. The lowest BCUT2D eigenvalue weighted by Gasteiger charge is -2.50. The van der Waals surface area contributed by atoms with Gasteiger partial charge >= 0.3 is 0 Å². The molecule has 0 unspecified atom stereocenters.